The van der Waals surface area contributed by atoms with Crippen molar-refractivity contribution in [1.82, 2.24) is 4.90 Å². The first-order valence-corrected chi connectivity index (χ1v) is 2.95. The van der Waals surface area contributed by atoms with Gasteiger partial charge < -0.3 is 9.64 Å². The van der Waals surface area contributed by atoms with Gasteiger partial charge in [0, 0.05) is 6.04 Å². The highest BCUT2D eigenvalue weighted by molar-refractivity contribution is 4.68. The summed E-state index contributed by atoms with van der Waals surface area (Å²) in [6.45, 7) is 4.77. The van der Waals surface area contributed by atoms with Crippen LogP contribution in [0.1, 0.15) is 6.92 Å². The van der Waals surface area contributed by atoms with E-state index in [9.17, 15) is 0 Å². The van der Waals surface area contributed by atoms with Gasteiger partial charge in [-0.2, -0.15) is 0 Å². The molecule has 8 heavy (non-hydrogen) atoms. The smallest absolute Gasteiger partial charge is 0.0595 e. The quantitative estimate of drug-likeness (QED) is 0.425. The van der Waals surface area contributed by atoms with Crippen molar-refractivity contribution in [2.24, 2.45) is 0 Å². The van der Waals surface area contributed by atoms with Crippen LogP contribution < -0.4 is 0 Å². The molecule has 1 heterocycles. The average molecular weight is 114 g/mol. The van der Waals surface area contributed by atoms with E-state index >= 15 is 0 Å². The Bertz CT molecular complexity index is 64.9. The molecule has 1 saturated heterocycles. The average Bonchev–Trinajstić information content (AvgIpc) is 1.77. The molecule has 0 saturated carbocycles. The number of nitrogens with zero attached hydrogens (tertiary/aromatic N) is 1. The van der Waals surface area contributed by atoms with Crippen molar-refractivity contribution in [3.8, 4) is 0 Å². The predicted octanol–water partition coefficient (Wildman–Crippen LogP) is 0.499. The molecule has 0 amide bonds. The van der Waals surface area contributed by atoms with Gasteiger partial charge in [-0.05, 0) is 13.5 Å². The number of morpholine rings is 1. The molecule has 0 unspecified atom stereocenters. The van der Waals surface area contributed by atoms with E-state index in [-0.39, 0.29) is 0 Å². The maximum Gasteiger partial charge on any atom is 0.0595 e. The molecule has 0 bridgehead atoms. The molecule has 1 atom stereocenters. The topological polar surface area (TPSA) is 12.5 Å². The van der Waals surface area contributed by atoms with Gasteiger partial charge in [0.1, 0.15) is 0 Å². The minimum absolute atomic E-state index is 0.503. The minimum Gasteiger partial charge on any atom is -0.453 e. The zero-order valence-corrected chi connectivity index (χ0v) is 5.26. The molecule has 0 spiro atoms. The summed E-state index contributed by atoms with van der Waals surface area (Å²) >= 11 is 0. The molecule has 1 aliphatic heterocycles. The van der Waals surface area contributed by atoms with Crippen LogP contribution in [0.25, 0.3) is 0 Å². The fourth-order valence-corrected chi connectivity index (χ4v) is 0.761. The van der Waals surface area contributed by atoms with E-state index in [1.165, 1.54) is 0 Å². The highest BCUT2D eigenvalue weighted by atomic mass is 16.5. The maximum atomic E-state index is 5.17. The lowest BCUT2D eigenvalue weighted by molar-refractivity contribution is 0.0217. The zero-order chi connectivity index (χ0) is 5.98. The fraction of sp³-hybridized carbons (Fsp3) is 0.833. The molecule has 0 aliphatic carbocycles. The van der Waals surface area contributed by atoms with Crippen molar-refractivity contribution < 1.29 is 4.74 Å². The van der Waals surface area contributed by atoms with E-state index in [0.29, 0.717) is 6.04 Å². The van der Waals surface area contributed by atoms with Crippen LogP contribution in [0.4, 0.5) is 0 Å². The van der Waals surface area contributed by atoms with Crippen molar-refractivity contribution in [1.29, 1.82) is 0 Å². The van der Waals surface area contributed by atoms with Crippen molar-refractivity contribution >= 4 is 0 Å². The third kappa shape index (κ3) is 1.20. The van der Waals surface area contributed by atoms with E-state index in [1.807, 2.05) is 0 Å². The molecule has 48 valence electrons. The summed E-state index contributed by atoms with van der Waals surface area (Å²) in [6.07, 6.45) is 0. The third-order valence-corrected chi connectivity index (χ3v) is 1.51. The lowest BCUT2D eigenvalue weighted by Crippen LogP contribution is -2.39. The van der Waals surface area contributed by atoms with E-state index in [0.717, 1.165) is 19.8 Å². The second kappa shape index (κ2) is 2.46. The van der Waals surface area contributed by atoms with E-state index in [2.05, 4.69) is 18.9 Å². The van der Waals surface area contributed by atoms with Gasteiger partial charge in [-0.15, -0.1) is 0 Å². The highest BCUT2D eigenvalue weighted by Crippen LogP contribution is 2.02. The standard InChI is InChI=1S/C6H12NO/c1-6-5-8-4-3-7(6)2/h6H,2-5H2,1H3/q-1/t6-/m0/s1. The Balaban J connectivity index is 2.28. The Labute approximate surface area is 50.4 Å². The van der Waals surface area contributed by atoms with Crippen LogP contribution in [0.5, 0.6) is 0 Å². The normalized spacial score (nSPS) is 33.0. The number of hydrogen-bond donors (Lipinski definition) is 0. The van der Waals surface area contributed by atoms with Gasteiger partial charge in [-0.1, -0.05) is 0 Å². The Hall–Kier alpha value is -0.0800. The van der Waals surface area contributed by atoms with Crippen LogP contribution in [0.15, 0.2) is 0 Å². The summed E-state index contributed by atoms with van der Waals surface area (Å²) in [5.41, 5.74) is 0. The molecule has 0 N–H and O–H groups in total. The molecule has 0 aromatic rings. The van der Waals surface area contributed by atoms with Crippen molar-refractivity contribution in [3.05, 3.63) is 7.05 Å². The van der Waals surface area contributed by atoms with Crippen LogP contribution in [0, 0.1) is 7.05 Å². The molecule has 1 fully saturated rings. The second-order valence-electron chi connectivity index (χ2n) is 2.24. The Morgan fingerprint density at radius 3 is 2.88 bits per heavy atom. The van der Waals surface area contributed by atoms with Gasteiger partial charge in [-0.25, -0.2) is 0 Å². The minimum atomic E-state index is 0.503. The van der Waals surface area contributed by atoms with Gasteiger partial charge in [-0.3, -0.25) is 7.05 Å². The van der Waals surface area contributed by atoms with Crippen LogP contribution in [0.2, 0.25) is 0 Å². The first kappa shape index (κ1) is 6.05. The predicted molar refractivity (Wildman–Crippen MR) is 32.3 cm³/mol. The lowest BCUT2D eigenvalue weighted by Gasteiger charge is -2.36. The SMILES string of the molecule is [CH2-]N1CCOC[C@@H]1C. The maximum absolute atomic E-state index is 5.17. The molecule has 1 rings (SSSR count). The molecule has 0 radical (unpaired) electrons. The first-order chi connectivity index (χ1) is 3.80. The molecular formula is C6H12NO-. The molecule has 2 heteroatoms. The van der Waals surface area contributed by atoms with Crippen molar-refractivity contribution in [2.75, 3.05) is 19.8 Å². The molecule has 1 aliphatic rings. The number of ether oxygens (including phenoxy) is 1. The van der Waals surface area contributed by atoms with Gasteiger partial charge in [0.05, 0.1) is 13.2 Å². The number of hydrogen-bond acceptors (Lipinski definition) is 2. The van der Waals surface area contributed by atoms with Crippen LogP contribution in [0.3, 0.4) is 0 Å². The summed E-state index contributed by atoms with van der Waals surface area (Å²) < 4.78 is 5.17. The molecular weight excluding hydrogens is 102 g/mol. The van der Waals surface area contributed by atoms with E-state index in [1.54, 1.807) is 0 Å². The van der Waals surface area contributed by atoms with Crippen LogP contribution >= 0.6 is 0 Å². The Kier molecular flexibility index (Phi) is 1.86. The summed E-state index contributed by atoms with van der Waals surface area (Å²) in [7, 11) is 3.83. The number of rotatable bonds is 0. The summed E-state index contributed by atoms with van der Waals surface area (Å²) in [5.74, 6) is 0. The van der Waals surface area contributed by atoms with Gasteiger partial charge >= 0.3 is 0 Å². The van der Waals surface area contributed by atoms with Gasteiger partial charge in [0.15, 0.2) is 0 Å². The molecule has 2 nitrogen and oxygen atoms in total. The monoisotopic (exact) mass is 114 g/mol. The van der Waals surface area contributed by atoms with Gasteiger partial charge in [0.25, 0.3) is 0 Å². The summed E-state index contributed by atoms with van der Waals surface area (Å²) in [5, 5.41) is 0. The van der Waals surface area contributed by atoms with Crippen LogP contribution in [-0.2, 0) is 4.74 Å². The Morgan fingerprint density at radius 1 is 1.75 bits per heavy atom. The second-order valence-corrected chi connectivity index (χ2v) is 2.24. The third-order valence-electron chi connectivity index (χ3n) is 1.51. The summed E-state index contributed by atoms with van der Waals surface area (Å²) in [4.78, 5) is 2.06. The van der Waals surface area contributed by atoms with E-state index in [4.69, 9.17) is 4.74 Å². The van der Waals surface area contributed by atoms with Crippen molar-refractivity contribution in [3.63, 3.8) is 0 Å². The Morgan fingerprint density at radius 2 is 2.50 bits per heavy atom. The zero-order valence-electron chi connectivity index (χ0n) is 5.26. The van der Waals surface area contributed by atoms with Crippen LogP contribution in [-0.4, -0.2) is 30.7 Å². The fourth-order valence-electron chi connectivity index (χ4n) is 0.761. The van der Waals surface area contributed by atoms with Gasteiger partial charge in [0.2, 0.25) is 0 Å². The highest BCUT2D eigenvalue weighted by Gasteiger charge is 2.07. The lowest BCUT2D eigenvalue weighted by atomic mass is 10.3. The summed E-state index contributed by atoms with van der Waals surface area (Å²) in [6, 6.07) is 0.503. The first-order valence-electron chi connectivity index (χ1n) is 2.95. The van der Waals surface area contributed by atoms with Crippen molar-refractivity contribution in [2.45, 2.75) is 13.0 Å². The largest absolute Gasteiger partial charge is 0.453 e. The molecule has 0 aromatic heterocycles. The van der Waals surface area contributed by atoms with E-state index < -0.39 is 0 Å². The molecule has 0 aromatic carbocycles.